The van der Waals surface area contributed by atoms with Gasteiger partial charge in [0.15, 0.2) is 0 Å². The number of amides is 1. The van der Waals surface area contributed by atoms with Crippen LogP contribution in [0, 0.1) is 0 Å². The molecule has 420 valence electrons. The first-order chi connectivity index (χ1) is 35.0. The van der Waals surface area contributed by atoms with E-state index in [2.05, 4.69) is 31.3 Å². The number of aliphatic hydroxyl groups excluding tert-OH is 2. The lowest BCUT2D eigenvalue weighted by atomic mass is 10.0. The van der Waals surface area contributed by atoms with Gasteiger partial charge in [-0.2, -0.15) is 0 Å². The third kappa shape index (κ3) is 57.5. The van der Waals surface area contributed by atoms with Gasteiger partial charge in [0.25, 0.3) is 0 Å². The Morgan fingerprint density at radius 2 is 0.662 bits per heavy atom. The number of ether oxygens (including phenoxy) is 1. The standard InChI is InChI=1S/C65H125NO5/c1-3-5-7-9-11-13-15-17-19-21-23-24-25-26-27-29-30-32-34-37-41-45-49-53-57-63(68)62(61-67)66-64(69)58-54-50-46-42-38-36-40-44-48-52-56-60-71-65(70)59-55-51-47-43-39-35-33-31-28-22-20-18-16-14-12-10-8-6-4-2/h40,44,53,57,62-63,67-68H,3-39,41-43,45-52,54-56,58-61H2,1-2H3,(H,66,69)/b44-40-,57-53+. The minimum absolute atomic E-state index is 0.0272. The zero-order valence-corrected chi connectivity index (χ0v) is 48.0. The summed E-state index contributed by atoms with van der Waals surface area (Å²) in [7, 11) is 0. The number of rotatable bonds is 60. The van der Waals surface area contributed by atoms with Crippen LogP contribution in [0.15, 0.2) is 24.3 Å². The molecule has 2 unspecified atom stereocenters. The molecule has 0 bridgehead atoms. The van der Waals surface area contributed by atoms with Crippen LogP contribution in [0.3, 0.4) is 0 Å². The second kappa shape index (κ2) is 60.9. The van der Waals surface area contributed by atoms with Crippen molar-refractivity contribution in [3.63, 3.8) is 0 Å². The van der Waals surface area contributed by atoms with Crippen LogP contribution in [0.25, 0.3) is 0 Å². The molecule has 2 atom stereocenters. The van der Waals surface area contributed by atoms with Crippen LogP contribution in [0.1, 0.15) is 354 Å². The fraction of sp³-hybridized carbons (Fsp3) is 0.908. The predicted octanol–water partition coefficient (Wildman–Crippen LogP) is 20.2. The molecule has 3 N–H and O–H groups in total. The number of aliphatic hydroxyl groups is 2. The number of carbonyl (C=O) groups is 2. The molecular formula is C65H125NO5. The number of hydrogen-bond acceptors (Lipinski definition) is 5. The second-order valence-corrected chi connectivity index (χ2v) is 22.1. The molecule has 0 fully saturated rings. The van der Waals surface area contributed by atoms with Crippen LogP contribution in [-0.2, 0) is 14.3 Å². The smallest absolute Gasteiger partial charge is 0.305 e. The van der Waals surface area contributed by atoms with Crippen molar-refractivity contribution in [2.24, 2.45) is 0 Å². The van der Waals surface area contributed by atoms with Gasteiger partial charge in [-0.05, 0) is 57.8 Å². The van der Waals surface area contributed by atoms with Crippen LogP contribution < -0.4 is 5.32 Å². The van der Waals surface area contributed by atoms with Gasteiger partial charge in [0, 0.05) is 12.8 Å². The zero-order chi connectivity index (χ0) is 51.4. The van der Waals surface area contributed by atoms with E-state index in [9.17, 15) is 19.8 Å². The van der Waals surface area contributed by atoms with E-state index in [0.29, 0.717) is 19.4 Å². The van der Waals surface area contributed by atoms with Crippen molar-refractivity contribution < 1.29 is 24.5 Å². The quantitative estimate of drug-likeness (QED) is 0.0320. The van der Waals surface area contributed by atoms with E-state index in [1.54, 1.807) is 6.08 Å². The predicted molar refractivity (Wildman–Crippen MR) is 310 cm³/mol. The summed E-state index contributed by atoms with van der Waals surface area (Å²) in [6.07, 6.45) is 75.1. The summed E-state index contributed by atoms with van der Waals surface area (Å²) >= 11 is 0. The number of allylic oxidation sites excluding steroid dienone is 3. The van der Waals surface area contributed by atoms with E-state index in [0.717, 1.165) is 83.5 Å². The Morgan fingerprint density at radius 1 is 0.380 bits per heavy atom. The molecule has 0 aliphatic carbocycles. The number of carbonyl (C=O) groups excluding carboxylic acids is 2. The fourth-order valence-corrected chi connectivity index (χ4v) is 10.0. The number of esters is 1. The van der Waals surface area contributed by atoms with Crippen LogP contribution >= 0.6 is 0 Å². The lowest BCUT2D eigenvalue weighted by Gasteiger charge is -2.20. The van der Waals surface area contributed by atoms with E-state index in [4.69, 9.17) is 4.74 Å². The van der Waals surface area contributed by atoms with Crippen molar-refractivity contribution in [1.29, 1.82) is 0 Å². The first kappa shape index (κ1) is 69.3. The number of nitrogens with one attached hydrogen (secondary N) is 1. The Bertz CT molecular complexity index is 1110. The zero-order valence-electron chi connectivity index (χ0n) is 48.0. The first-order valence-electron chi connectivity index (χ1n) is 32.1. The van der Waals surface area contributed by atoms with Gasteiger partial charge in [0.05, 0.1) is 25.4 Å². The third-order valence-electron chi connectivity index (χ3n) is 15.0. The Morgan fingerprint density at radius 3 is 1.00 bits per heavy atom. The summed E-state index contributed by atoms with van der Waals surface area (Å²) < 4.78 is 5.47. The SMILES string of the molecule is CCCCCCCCCCCCCCCCCCCCCCCC/C=C/C(O)C(CO)NC(=O)CCCCCCC/C=C\CCCCOC(=O)CCCCCCCCCCCCCCCCCCCCC. The van der Waals surface area contributed by atoms with Crippen molar-refractivity contribution in [1.82, 2.24) is 5.32 Å². The van der Waals surface area contributed by atoms with Gasteiger partial charge in [0.2, 0.25) is 5.91 Å². The second-order valence-electron chi connectivity index (χ2n) is 22.1. The molecule has 0 radical (unpaired) electrons. The van der Waals surface area contributed by atoms with Crippen LogP contribution in [-0.4, -0.2) is 47.4 Å². The molecule has 6 heteroatoms. The van der Waals surface area contributed by atoms with Crippen molar-refractivity contribution in [3.8, 4) is 0 Å². The molecule has 0 saturated carbocycles. The van der Waals surface area contributed by atoms with E-state index < -0.39 is 12.1 Å². The maximum Gasteiger partial charge on any atom is 0.305 e. The van der Waals surface area contributed by atoms with Gasteiger partial charge in [-0.1, -0.05) is 308 Å². The first-order valence-corrected chi connectivity index (χ1v) is 32.1. The van der Waals surface area contributed by atoms with E-state index >= 15 is 0 Å². The van der Waals surface area contributed by atoms with Gasteiger partial charge in [-0.25, -0.2) is 0 Å². The minimum atomic E-state index is -0.864. The Kier molecular flexibility index (Phi) is 59.5. The summed E-state index contributed by atoms with van der Waals surface area (Å²) in [6, 6.07) is -0.650. The van der Waals surface area contributed by atoms with Crippen molar-refractivity contribution >= 4 is 11.9 Å². The molecular weight excluding hydrogens is 875 g/mol. The van der Waals surface area contributed by atoms with E-state index in [1.807, 2.05) is 6.08 Å². The highest BCUT2D eigenvalue weighted by molar-refractivity contribution is 5.76. The maximum absolute atomic E-state index is 12.5. The topological polar surface area (TPSA) is 95.9 Å². The molecule has 71 heavy (non-hydrogen) atoms. The monoisotopic (exact) mass is 1000 g/mol. The molecule has 0 heterocycles. The molecule has 0 aliphatic rings. The molecule has 1 amide bonds. The third-order valence-corrected chi connectivity index (χ3v) is 15.0. The molecule has 0 aromatic rings. The van der Waals surface area contributed by atoms with Crippen molar-refractivity contribution in [3.05, 3.63) is 24.3 Å². The fourth-order valence-electron chi connectivity index (χ4n) is 10.0. The molecule has 0 aromatic heterocycles. The van der Waals surface area contributed by atoms with Crippen LogP contribution in [0.2, 0.25) is 0 Å². The summed E-state index contributed by atoms with van der Waals surface area (Å²) in [4.78, 5) is 24.6. The summed E-state index contributed by atoms with van der Waals surface area (Å²) in [5, 5.41) is 23.2. The molecule has 0 aromatic carbocycles. The average molecular weight is 1000 g/mol. The lowest BCUT2D eigenvalue weighted by molar-refractivity contribution is -0.143. The number of hydrogen-bond donors (Lipinski definition) is 3. The van der Waals surface area contributed by atoms with E-state index in [1.165, 1.54) is 244 Å². The molecule has 0 saturated heterocycles. The van der Waals surface area contributed by atoms with Crippen molar-refractivity contribution in [2.45, 2.75) is 366 Å². The van der Waals surface area contributed by atoms with Crippen LogP contribution in [0.4, 0.5) is 0 Å². The van der Waals surface area contributed by atoms with Gasteiger partial charge in [0.1, 0.15) is 0 Å². The Labute approximate surface area is 443 Å². The molecule has 0 rings (SSSR count). The van der Waals surface area contributed by atoms with Gasteiger partial charge < -0.3 is 20.3 Å². The normalized spacial score (nSPS) is 12.7. The molecule has 0 spiro atoms. The van der Waals surface area contributed by atoms with Crippen molar-refractivity contribution in [2.75, 3.05) is 13.2 Å². The number of unbranched alkanes of at least 4 members (excludes halogenated alkanes) is 47. The summed E-state index contributed by atoms with van der Waals surface area (Å²) in [5.74, 6) is -0.120. The summed E-state index contributed by atoms with van der Waals surface area (Å²) in [6.45, 7) is 4.86. The summed E-state index contributed by atoms with van der Waals surface area (Å²) in [5.41, 5.74) is 0. The largest absolute Gasteiger partial charge is 0.466 e. The highest BCUT2D eigenvalue weighted by atomic mass is 16.5. The Hall–Kier alpha value is -1.66. The van der Waals surface area contributed by atoms with Crippen LogP contribution in [0.5, 0.6) is 0 Å². The maximum atomic E-state index is 12.5. The Balaban J connectivity index is 3.50. The lowest BCUT2D eigenvalue weighted by Crippen LogP contribution is -2.45. The van der Waals surface area contributed by atoms with Gasteiger partial charge in [-0.3, -0.25) is 9.59 Å². The minimum Gasteiger partial charge on any atom is -0.466 e. The highest BCUT2D eigenvalue weighted by Gasteiger charge is 2.18. The van der Waals surface area contributed by atoms with E-state index in [-0.39, 0.29) is 18.5 Å². The van der Waals surface area contributed by atoms with Gasteiger partial charge >= 0.3 is 5.97 Å². The van der Waals surface area contributed by atoms with Gasteiger partial charge in [-0.15, -0.1) is 0 Å². The highest BCUT2D eigenvalue weighted by Crippen LogP contribution is 2.18. The molecule has 6 nitrogen and oxygen atoms in total. The molecule has 0 aliphatic heterocycles. The average Bonchev–Trinajstić information content (AvgIpc) is 3.37.